The summed E-state index contributed by atoms with van der Waals surface area (Å²) >= 11 is 0. The molecule has 0 spiro atoms. The maximum Gasteiger partial charge on any atom is 0.309 e. The second kappa shape index (κ2) is 11.4. The van der Waals surface area contributed by atoms with Gasteiger partial charge in [-0.3, -0.25) is 4.98 Å². The highest BCUT2D eigenvalue weighted by Gasteiger charge is 2.35. The largest absolute Gasteiger partial charge is 0.427 e. The molecule has 5 aromatic rings. The fourth-order valence-electron chi connectivity index (χ4n) is 3.99. The van der Waals surface area contributed by atoms with Crippen LogP contribution in [0.15, 0.2) is 97.2 Å². The summed E-state index contributed by atoms with van der Waals surface area (Å²) < 4.78 is 5.99. The molecule has 202 valence electrons. The summed E-state index contributed by atoms with van der Waals surface area (Å²) in [7, 11) is 0.395. The highest BCUT2D eigenvalue weighted by Crippen LogP contribution is 2.27. The Morgan fingerprint density at radius 2 is 1.32 bits per heavy atom. The molecule has 5 rings (SSSR count). The van der Waals surface area contributed by atoms with Crippen LogP contribution in [-0.2, 0) is 4.65 Å². The van der Waals surface area contributed by atoms with Gasteiger partial charge in [-0.15, -0.1) is 0 Å². The maximum absolute atomic E-state index is 10.3. The van der Waals surface area contributed by atoms with Crippen LogP contribution in [0.1, 0.15) is 33.3 Å². The van der Waals surface area contributed by atoms with Crippen LogP contribution >= 0.6 is 0 Å². The quantitative estimate of drug-likeness (QED) is 0.265. The Hall–Kier alpha value is -4.71. The van der Waals surface area contributed by atoms with Gasteiger partial charge in [0.15, 0.2) is 17.5 Å². The molecule has 0 amide bonds. The standard InChI is InChI=1S/C33H30BN5O2/c1-32(2,40)33(3,4)41-34-27-16-13-23(14-17-27)28-18-15-26(21-36-28)31-38-29(24-10-6-5-7-11-24)37-30(39-31)25-12-8-9-22(19-25)20-35/h5-19,21,34,40H,1-4H3. The number of nitrogens with zero attached hydrogens (tertiary/aromatic N) is 5. The van der Waals surface area contributed by atoms with Crippen molar-refractivity contribution < 1.29 is 9.76 Å². The summed E-state index contributed by atoms with van der Waals surface area (Å²) in [4.78, 5) is 18.9. The van der Waals surface area contributed by atoms with Crippen molar-refractivity contribution in [2.24, 2.45) is 0 Å². The summed E-state index contributed by atoms with van der Waals surface area (Å²) in [6, 6.07) is 31.1. The molecule has 0 fully saturated rings. The summed E-state index contributed by atoms with van der Waals surface area (Å²) in [6.07, 6.45) is 1.76. The predicted octanol–water partition coefficient (Wildman–Crippen LogP) is 5.35. The number of aliphatic hydroxyl groups is 1. The molecule has 2 heterocycles. The summed E-state index contributed by atoms with van der Waals surface area (Å²) in [5.41, 5.74) is 4.05. The molecule has 2 aromatic heterocycles. The molecule has 0 saturated heterocycles. The molecule has 0 aliphatic rings. The highest BCUT2D eigenvalue weighted by molar-refractivity contribution is 6.47. The Morgan fingerprint density at radius 3 is 1.93 bits per heavy atom. The normalized spacial score (nSPS) is 11.6. The second-order valence-electron chi connectivity index (χ2n) is 10.9. The van der Waals surface area contributed by atoms with Crippen LogP contribution < -0.4 is 5.46 Å². The lowest BCUT2D eigenvalue weighted by molar-refractivity contribution is -0.0893. The Kier molecular flexibility index (Phi) is 7.76. The van der Waals surface area contributed by atoms with Gasteiger partial charge in [-0.25, -0.2) is 15.0 Å². The van der Waals surface area contributed by atoms with Gasteiger partial charge in [-0.1, -0.05) is 72.2 Å². The van der Waals surface area contributed by atoms with E-state index in [4.69, 9.17) is 24.6 Å². The van der Waals surface area contributed by atoms with Gasteiger partial charge in [-0.05, 0) is 52.0 Å². The summed E-state index contributed by atoms with van der Waals surface area (Å²) in [5.74, 6) is 1.53. The minimum Gasteiger partial charge on any atom is -0.427 e. The van der Waals surface area contributed by atoms with Crippen LogP contribution in [0.25, 0.3) is 45.4 Å². The molecule has 0 aliphatic carbocycles. The Bertz CT molecular complexity index is 1690. The van der Waals surface area contributed by atoms with Crippen molar-refractivity contribution in [2.75, 3.05) is 0 Å². The summed E-state index contributed by atoms with van der Waals surface area (Å²) in [6.45, 7) is 7.26. The minimum atomic E-state index is -0.958. The van der Waals surface area contributed by atoms with E-state index in [1.165, 1.54) is 0 Å². The van der Waals surface area contributed by atoms with Gasteiger partial charge in [0.1, 0.15) is 0 Å². The molecule has 41 heavy (non-hydrogen) atoms. The fraction of sp³-hybridized carbons (Fsp3) is 0.182. The van der Waals surface area contributed by atoms with Gasteiger partial charge in [0.25, 0.3) is 0 Å². The Morgan fingerprint density at radius 1 is 0.707 bits per heavy atom. The molecule has 0 unspecified atom stereocenters. The first kappa shape index (κ1) is 27.8. The molecular weight excluding hydrogens is 509 g/mol. The third-order valence-corrected chi connectivity index (χ3v) is 7.26. The Labute approximate surface area is 240 Å². The topological polar surface area (TPSA) is 105 Å². The number of nitriles is 1. The molecule has 0 aliphatic heterocycles. The zero-order valence-electron chi connectivity index (χ0n) is 23.5. The van der Waals surface area contributed by atoms with Crippen LogP contribution in [0, 0.1) is 11.3 Å². The zero-order valence-corrected chi connectivity index (χ0v) is 23.5. The molecule has 0 atom stereocenters. The number of pyridine rings is 1. The van der Waals surface area contributed by atoms with Crippen molar-refractivity contribution in [1.29, 1.82) is 5.26 Å². The maximum atomic E-state index is 10.3. The van der Waals surface area contributed by atoms with Crippen molar-refractivity contribution in [3.63, 3.8) is 0 Å². The van der Waals surface area contributed by atoms with E-state index in [2.05, 4.69) is 6.07 Å². The van der Waals surface area contributed by atoms with Crippen molar-refractivity contribution in [3.8, 4) is 51.5 Å². The van der Waals surface area contributed by atoms with Crippen molar-refractivity contribution in [2.45, 2.75) is 38.9 Å². The van der Waals surface area contributed by atoms with E-state index in [0.29, 0.717) is 30.5 Å². The smallest absolute Gasteiger partial charge is 0.309 e. The molecule has 1 N–H and O–H groups in total. The summed E-state index contributed by atoms with van der Waals surface area (Å²) in [5, 5.41) is 19.7. The van der Waals surface area contributed by atoms with Crippen LogP contribution in [0.2, 0.25) is 0 Å². The number of aromatic nitrogens is 4. The van der Waals surface area contributed by atoms with E-state index in [1.54, 1.807) is 32.2 Å². The molecule has 8 heteroatoms. The minimum absolute atomic E-state index is 0.395. The monoisotopic (exact) mass is 539 g/mol. The SMILES string of the molecule is CC(C)(O)C(C)(C)OBc1ccc(-c2ccc(-c3nc(-c4ccccc4)nc(-c4cccc(C#N)c4)n3)cn2)cc1. The van der Waals surface area contributed by atoms with Crippen LogP contribution in [0.5, 0.6) is 0 Å². The highest BCUT2D eigenvalue weighted by atomic mass is 16.5. The van der Waals surface area contributed by atoms with Gasteiger partial charge in [-0.2, -0.15) is 5.26 Å². The molecule has 0 saturated carbocycles. The molecule has 0 radical (unpaired) electrons. The van der Waals surface area contributed by atoms with E-state index in [9.17, 15) is 10.4 Å². The van der Waals surface area contributed by atoms with Gasteiger partial charge < -0.3 is 9.76 Å². The Balaban J connectivity index is 1.42. The van der Waals surface area contributed by atoms with Crippen molar-refractivity contribution >= 4 is 12.9 Å². The van der Waals surface area contributed by atoms with Gasteiger partial charge in [0, 0.05) is 28.5 Å². The lowest BCUT2D eigenvalue weighted by Crippen LogP contribution is -2.49. The lowest BCUT2D eigenvalue weighted by Gasteiger charge is -2.37. The van der Waals surface area contributed by atoms with Crippen molar-refractivity contribution in [1.82, 2.24) is 19.9 Å². The molecule has 3 aromatic carbocycles. The van der Waals surface area contributed by atoms with Crippen LogP contribution in [-0.4, -0.2) is 43.7 Å². The van der Waals surface area contributed by atoms with E-state index in [1.807, 2.05) is 92.7 Å². The molecular formula is C33H30BN5O2. The number of benzene rings is 3. The fourth-order valence-corrected chi connectivity index (χ4v) is 3.99. The second-order valence-corrected chi connectivity index (χ2v) is 10.9. The predicted molar refractivity (Wildman–Crippen MR) is 162 cm³/mol. The zero-order chi connectivity index (χ0) is 29.0. The first-order valence-corrected chi connectivity index (χ1v) is 13.4. The van der Waals surface area contributed by atoms with Gasteiger partial charge in [0.2, 0.25) is 0 Å². The van der Waals surface area contributed by atoms with Crippen LogP contribution in [0.3, 0.4) is 0 Å². The average molecular weight is 539 g/mol. The third kappa shape index (κ3) is 6.38. The van der Waals surface area contributed by atoms with E-state index in [-0.39, 0.29) is 0 Å². The van der Waals surface area contributed by atoms with Gasteiger partial charge in [0.05, 0.1) is 28.5 Å². The third-order valence-electron chi connectivity index (χ3n) is 7.26. The first-order valence-electron chi connectivity index (χ1n) is 13.4. The van der Waals surface area contributed by atoms with E-state index >= 15 is 0 Å². The van der Waals surface area contributed by atoms with Crippen LogP contribution in [0.4, 0.5) is 0 Å². The number of rotatable bonds is 8. The first-order chi connectivity index (χ1) is 19.6. The van der Waals surface area contributed by atoms with Crippen molar-refractivity contribution in [3.05, 3.63) is 103 Å². The van der Waals surface area contributed by atoms with E-state index < -0.39 is 11.2 Å². The number of hydrogen-bond acceptors (Lipinski definition) is 7. The molecule has 7 nitrogen and oxygen atoms in total. The lowest BCUT2D eigenvalue weighted by atomic mass is 9.82. The van der Waals surface area contributed by atoms with Gasteiger partial charge >= 0.3 is 7.48 Å². The molecule has 0 bridgehead atoms. The van der Waals surface area contributed by atoms with E-state index in [0.717, 1.165) is 33.4 Å². The number of hydrogen-bond donors (Lipinski definition) is 1. The average Bonchev–Trinajstić information content (AvgIpc) is 3.00.